The monoisotopic (exact) mass is 313 g/mol. The van der Waals surface area contributed by atoms with E-state index in [1.54, 1.807) is 23.2 Å². The molecule has 1 aromatic heterocycles. The second-order valence-electron chi connectivity index (χ2n) is 5.45. The number of benzene rings is 1. The van der Waals surface area contributed by atoms with Crippen LogP contribution in [0.4, 0.5) is 10.1 Å². The molecule has 0 atom stereocenters. The first-order chi connectivity index (χ1) is 11.1. The number of nitrogens with zero attached hydrogens (tertiary/aromatic N) is 2. The van der Waals surface area contributed by atoms with E-state index >= 15 is 0 Å². The Bertz CT molecular complexity index is 776. The quantitative estimate of drug-likeness (QED) is 0.926. The average Bonchev–Trinajstić information content (AvgIpc) is 2.55. The molecule has 3 rings (SSSR count). The molecule has 0 bridgehead atoms. The Labute approximate surface area is 133 Å². The van der Waals surface area contributed by atoms with Crippen molar-refractivity contribution in [2.45, 2.75) is 19.9 Å². The summed E-state index contributed by atoms with van der Waals surface area (Å²) in [5, 5.41) is 2.58. The lowest BCUT2D eigenvalue weighted by atomic mass is 9.96. The van der Waals surface area contributed by atoms with Crippen molar-refractivity contribution in [3.63, 3.8) is 0 Å². The number of rotatable bonds is 2. The van der Waals surface area contributed by atoms with Crippen molar-refractivity contribution >= 4 is 17.5 Å². The lowest BCUT2D eigenvalue weighted by Gasteiger charge is -2.28. The lowest BCUT2D eigenvalue weighted by molar-refractivity contribution is -0.129. The van der Waals surface area contributed by atoms with Crippen LogP contribution >= 0.6 is 0 Å². The van der Waals surface area contributed by atoms with Crippen molar-refractivity contribution in [3.05, 3.63) is 59.2 Å². The van der Waals surface area contributed by atoms with Gasteiger partial charge in [-0.1, -0.05) is 12.1 Å². The number of nitrogens with one attached hydrogen (secondary N) is 1. The van der Waals surface area contributed by atoms with E-state index in [1.807, 2.05) is 0 Å². The Morgan fingerprint density at radius 1 is 1.26 bits per heavy atom. The van der Waals surface area contributed by atoms with Gasteiger partial charge in [0.2, 0.25) is 5.91 Å². The number of anilines is 1. The zero-order chi connectivity index (χ0) is 16.4. The molecule has 0 saturated carbocycles. The number of fused-ring (bicyclic) bond motifs is 1. The number of pyridine rings is 1. The summed E-state index contributed by atoms with van der Waals surface area (Å²) in [7, 11) is 0. The van der Waals surface area contributed by atoms with Crippen LogP contribution in [0.25, 0.3) is 0 Å². The van der Waals surface area contributed by atoms with Gasteiger partial charge in [0.1, 0.15) is 5.82 Å². The number of carbonyl (C=O) groups is 2. The Kier molecular flexibility index (Phi) is 4.06. The molecule has 23 heavy (non-hydrogen) atoms. The Hall–Kier alpha value is -2.76. The Balaban J connectivity index is 1.87. The molecule has 0 aliphatic carbocycles. The van der Waals surface area contributed by atoms with Crippen LogP contribution in [-0.4, -0.2) is 28.2 Å². The lowest BCUT2D eigenvalue weighted by Crippen LogP contribution is -2.35. The van der Waals surface area contributed by atoms with Crippen LogP contribution in [0.3, 0.4) is 0 Å². The van der Waals surface area contributed by atoms with Crippen LogP contribution in [0.1, 0.15) is 28.4 Å². The van der Waals surface area contributed by atoms with Gasteiger partial charge in [0.25, 0.3) is 5.91 Å². The van der Waals surface area contributed by atoms with Gasteiger partial charge in [0.15, 0.2) is 0 Å². The summed E-state index contributed by atoms with van der Waals surface area (Å²) in [5.74, 6) is -0.881. The minimum absolute atomic E-state index is 0.00291. The zero-order valence-electron chi connectivity index (χ0n) is 12.7. The van der Waals surface area contributed by atoms with E-state index < -0.39 is 11.7 Å². The highest BCUT2D eigenvalue weighted by atomic mass is 19.1. The Morgan fingerprint density at radius 3 is 2.78 bits per heavy atom. The van der Waals surface area contributed by atoms with Crippen LogP contribution in [0.2, 0.25) is 0 Å². The van der Waals surface area contributed by atoms with Crippen molar-refractivity contribution in [2.75, 3.05) is 11.9 Å². The SMILES string of the molecule is CC(=O)N1CCc2c(cncc2C(=O)Nc2ccccc2F)C1. The van der Waals surface area contributed by atoms with Crippen LogP contribution < -0.4 is 5.32 Å². The summed E-state index contributed by atoms with van der Waals surface area (Å²) < 4.78 is 13.7. The van der Waals surface area contributed by atoms with Crippen molar-refractivity contribution in [1.29, 1.82) is 0 Å². The standard InChI is InChI=1S/C17H16FN3O2/c1-11(22)21-7-6-13-12(10-21)8-19-9-14(13)17(23)20-16-5-3-2-4-15(16)18/h2-5,8-9H,6-7,10H2,1H3,(H,20,23). The van der Waals surface area contributed by atoms with Crippen LogP contribution in [-0.2, 0) is 17.8 Å². The molecule has 2 heterocycles. The number of hydrogen-bond acceptors (Lipinski definition) is 3. The van der Waals surface area contributed by atoms with Crippen LogP contribution in [0, 0.1) is 5.82 Å². The van der Waals surface area contributed by atoms with Gasteiger partial charge in [-0.15, -0.1) is 0 Å². The fourth-order valence-electron chi connectivity index (χ4n) is 2.71. The molecule has 0 unspecified atom stereocenters. The maximum Gasteiger partial charge on any atom is 0.257 e. The van der Waals surface area contributed by atoms with Gasteiger partial charge in [0, 0.05) is 32.4 Å². The molecule has 2 amide bonds. The molecular weight excluding hydrogens is 297 g/mol. The molecule has 1 aliphatic heterocycles. The first kappa shape index (κ1) is 15.1. The molecule has 1 N–H and O–H groups in total. The van der Waals surface area contributed by atoms with Crippen molar-refractivity contribution < 1.29 is 14.0 Å². The largest absolute Gasteiger partial charge is 0.338 e. The normalized spacial score (nSPS) is 13.4. The molecule has 1 aliphatic rings. The number of carbonyl (C=O) groups excluding carboxylic acids is 2. The minimum atomic E-state index is -0.485. The van der Waals surface area contributed by atoms with Gasteiger partial charge in [-0.05, 0) is 29.7 Å². The van der Waals surface area contributed by atoms with Crippen LogP contribution in [0.5, 0.6) is 0 Å². The van der Waals surface area contributed by atoms with Gasteiger partial charge in [-0.3, -0.25) is 14.6 Å². The van der Waals surface area contributed by atoms with E-state index in [4.69, 9.17) is 0 Å². The predicted octanol–water partition coefficient (Wildman–Crippen LogP) is 2.38. The summed E-state index contributed by atoms with van der Waals surface area (Å²) >= 11 is 0. The van der Waals surface area contributed by atoms with E-state index in [9.17, 15) is 14.0 Å². The molecule has 0 saturated heterocycles. The highest BCUT2D eigenvalue weighted by Crippen LogP contribution is 2.23. The number of halogens is 1. The molecular formula is C17H16FN3O2. The molecule has 0 radical (unpaired) electrons. The average molecular weight is 313 g/mol. The number of para-hydroxylation sites is 1. The van der Waals surface area contributed by atoms with Crippen LogP contribution in [0.15, 0.2) is 36.7 Å². The van der Waals surface area contributed by atoms with E-state index in [-0.39, 0.29) is 11.6 Å². The van der Waals surface area contributed by atoms with Gasteiger partial charge < -0.3 is 10.2 Å². The summed E-state index contributed by atoms with van der Waals surface area (Å²) in [4.78, 5) is 29.7. The summed E-state index contributed by atoms with van der Waals surface area (Å²) in [5.41, 5.74) is 2.28. The van der Waals surface area contributed by atoms with E-state index in [1.165, 1.54) is 25.3 Å². The summed E-state index contributed by atoms with van der Waals surface area (Å²) in [6.07, 6.45) is 3.74. The molecule has 118 valence electrons. The smallest absolute Gasteiger partial charge is 0.257 e. The number of amides is 2. The first-order valence-corrected chi connectivity index (χ1v) is 7.33. The molecule has 5 nitrogen and oxygen atoms in total. The highest BCUT2D eigenvalue weighted by molar-refractivity contribution is 6.05. The van der Waals surface area contributed by atoms with Crippen molar-refractivity contribution in [1.82, 2.24) is 9.88 Å². The van der Waals surface area contributed by atoms with Gasteiger partial charge in [-0.25, -0.2) is 4.39 Å². The maximum absolute atomic E-state index is 13.7. The van der Waals surface area contributed by atoms with Gasteiger partial charge in [0.05, 0.1) is 11.3 Å². The molecule has 2 aromatic rings. The molecule has 0 fully saturated rings. The number of hydrogen-bond donors (Lipinski definition) is 1. The summed E-state index contributed by atoms with van der Waals surface area (Å²) in [6, 6.07) is 6.02. The Morgan fingerprint density at radius 2 is 2.04 bits per heavy atom. The molecule has 6 heteroatoms. The first-order valence-electron chi connectivity index (χ1n) is 7.33. The second kappa shape index (κ2) is 6.16. The third kappa shape index (κ3) is 3.06. The fraction of sp³-hybridized carbons (Fsp3) is 0.235. The van der Waals surface area contributed by atoms with Crippen molar-refractivity contribution in [2.24, 2.45) is 0 Å². The van der Waals surface area contributed by atoms with Gasteiger partial charge >= 0.3 is 0 Å². The predicted molar refractivity (Wildman–Crippen MR) is 83.4 cm³/mol. The minimum Gasteiger partial charge on any atom is -0.338 e. The maximum atomic E-state index is 13.7. The van der Waals surface area contributed by atoms with E-state index in [0.29, 0.717) is 25.1 Å². The second-order valence-corrected chi connectivity index (χ2v) is 5.45. The highest BCUT2D eigenvalue weighted by Gasteiger charge is 2.23. The van der Waals surface area contributed by atoms with Crippen molar-refractivity contribution in [3.8, 4) is 0 Å². The topological polar surface area (TPSA) is 62.3 Å². The third-order valence-electron chi connectivity index (χ3n) is 3.95. The molecule has 0 spiro atoms. The van der Waals surface area contributed by atoms with Gasteiger partial charge in [-0.2, -0.15) is 0 Å². The summed E-state index contributed by atoms with van der Waals surface area (Å²) in [6.45, 7) is 2.53. The fourth-order valence-corrected chi connectivity index (χ4v) is 2.71. The third-order valence-corrected chi connectivity index (χ3v) is 3.95. The molecule has 1 aromatic carbocycles. The number of aromatic nitrogens is 1. The zero-order valence-corrected chi connectivity index (χ0v) is 12.7. The van der Waals surface area contributed by atoms with E-state index in [2.05, 4.69) is 10.3 Å². The van der Waals surface area contributed by atoms with E-state index in [0.717, 1.165) is 11.1 Å².